The van der Waals surface area contributed by atoms with Crippen molar-refractivity contribution < 1.29 is 19.4 Å². The lowest BCUT2D eigenvalue weighted by molar-refractivity contribution is -0.255. The Labute approximate surface area is 125 Å². The van der Waals surface area contributed by atoms with E-state index < -0.39 is 11.9 Å². The molecule has 0 saturated carbocycles. The van der Waals surface area contributed by atoms with Crippen molar-refractivity contribution in [2.24, 2.45) is 0 Å². The van der Waals surface area contributed by atoms with Crippen molar-refractivity contribution in [3.05, 3.63) is 33.3 Å². The van der Waals surface area contributed by atoms with Crippen molar-refractivity contribution in [3.8, 4) is 0 Å². The topological polar surface area (TPSA) is 78.5 Å². The molecule has 1 aromatic rings. The minimum absolute atomic E-state index is 0.0341. The smallest absolute Gasteiger partial charge is 0.252 e. The molecule has 1 heterocycles. The van der Waals surface area contributed by atoms with Crippen LogP contribution in [0, 0.1) is 0 Å². The van der Waals surface area contributed by atoms with Gasteiger partial charge in [-0.2, -0.15) is 0 Å². The van der Waals surface area contributed by atoms with Crippen LogP contribution in [0.5, 0.6) is 0 Å². The number of amides is 1. The molecule has 1 aliphatic heterocycles. The van der Waals surface area contributed by atoms with Gasteiger partial charge in [0.05, 0.1) is 22.1 Å². The van der Waals surface area contributed by atoms with Gasteiger partial charge >= 0.3 is 0 Å². The molecule has 2 rings (SSSR count). The Morgan fingerprint density at radius 2 is 1.95 bits per heavy atom. The van der Waals surface area contributed by atoms with E-state index in [0.717, 1.165) is 18.9 Å². The number of benzene rings is 1. The molecule has 108 valence electrons. The Balaban J connectivity index is 2.15. The van der Waals surface area contributed by atoms with Crippen molar-refractivity contribution >= 4 is 35.1 Å². The Kier molecular flexibility index (Phi) is 4.86. The summed E-state index contributed by atoms with van der Waals surface area (Å²) in [5.41, 5.74) is -0.360. The van der Waals surface area contributed by atoms with E-state index in [1.54, 1.807) is 0 Å². The number of rotatable bonds is 4. The zero-order valence-electron chi connectivity index (χ0n) is 10.4. The average molecular weight is 317 g/mol. The van der Waals surface area contributed by atoms with Crippen LogP contribution in [0.25, 0.3) is 0 Å². The lowest BCUT2D eigenvalue weighted by Crippen LogP contribution is -2.34. The van der Waals surface area contributed by atoms with Gasteiger partial charge in [0.25, 0.3) is 5.91 Å². The predicted molar refractivity (Wildman–Crippen MR) is 72.1 cm³/mol. The molecule has 7 heteroatoms. The van der Waals surface area contributed by atoms with E-state index >= 15 is 0 Å². The fraction of sp³-hybridized carbons (Fsp3) is 0.385. The quantitative estimate of drug-likeness (QED) is 0.907. The van der Waals surface area contributed by atoms with E-state index in [9.17, 15) is 14.7 Å². The molecule has 0 aromatic heterocycles. The van der Waals surface area contributed by atoms with Crippen LogP contribution in [0.15, 0.2) is 12.1 Å². The van der Waals surface area contributed by atoms with E-state index in [4.69, 9.17) is 27.9 Å². The van der Waals surface area contributed by atoms with Gasteiger partial charge in [0, 0.05) is 24.3 Å². The minimum atomic E-state index is -1.48. The normalized spacial score (nSPS) is 18.0. The summed E-state index contributed by atoms with van der Waals surface area (Å²) in [6, 6.07) is 2.33. The molecule has 5 nitrogen and oxygen atoms in total. The third-order valence-electron chi connectivity index (χ3n) is 3.04. The first-order valence-electron chi connectivity index (χ1n) is 6.09. The number of aromatic carboxylic acids is 1. The van der Waals surface area contributed by atoms with Crippen LogP contribution in [-0.4, -0.2) is 31.1 Å². The summed E-state index contributed by atoms with van der Waals surface area (Å²) in [5, 5.41) is 13.8. The Hall–Kier alpha value is -1.30. The highest BCUT2D eigenvalue weighted by molar-refractivity contribution is 6.42. The third kappa shape index (κ3) is 3.42. The summed E-state index contributed by atoms with van der Waals surface area (Å²) < 4.78 is 5.37. The van der Waals surface area contributed by atoms with Crippen LogP contribution in [0.2, 0.25) is 10.0 Å². The number of carboxylic acid groups (broad SMARTS) is 1. The molecule has 1 aromatic carbocycles. The van der Waals surface area contributed by atoms with Crippen LogP contribution in [0.3, 0.4) is 0 Å². The van der Waals surface area contributed by atoms with Gasteiger partial charge in [-0.1, -0.05) is 23.2 Å². The Bertz CT molecular complexity index is 541. The van der Waals surface area contributed by atoms with E-state index in [-0.39, 0.29) is 27.3 Å². The van der Waals surface area contributed by atoms with Gasteiger partial charge in [0.15, 0.2) is 0 Å². The van der Waals surface area contributed by atoms with Gasteiger partial charge in [-0.3, -0.25) is 4.79 Å². The number of carbonyl (C=O) groups excluding carboxylic acids is 2. The molecule has 0 bridgehead atoms. The van der Waals surface area contributed by atoms with Crippen LogP contribution in [-0.2, 0) is 4.74 Å². The first kappa shape index (κ1) is 15.1. The molecule has 1 amide bonds. The van der Waals surface area contributed by atoms with Crippen LogP contribution in [0.4, 0.5) is 0 Å². The molecule has 1 aliphatic rings. The highest BCUT2D eigenvalue weighted by atomic mass is 35.5. The largest absolute Gasteiger partial charge is 0.545 e. The summed E-state index contributed by atoms with van der Waals surface area (Å²) in [5.74, 6) is -2.02. The van der Waals surface area contributed by atoms with Gasteiger partial charge in [-0.25, -0.2) is 0 Å². The molecular weight excluding hydrogens is 305 g/mol. The van der Waals surface area contributed by atoms with Gasteiger partial charge in [-0.15, -0.1) is 0 Å². The number of carbonyl (C=O) groups is 2. The number of nitrogens with one attached hydrogen (secondary N) is 1. The van der Waals surface area contributed by atoms with Crippen LogP contribution < -0.4 is 10.4 Å². The summed E-state index contributed by atoms with van der Waals surface area (Å²) in [6.45, 7) is 1.00. The van der Waals surface area contributed by atoms with Gasteiger partial charge < -0.3 is 20.0 Å². The summed E-state index contributed by atoms with van der Waals surface area (Å²) in [6.07, 6.45) is 1.79. The molecule has 1 fully saturated rings. The van der Waals surface area contributed by atoms with Crippen LogP contribution >= 0.6 is 23.2 Å². The SMILES string of the molecule is O=C([O-])c1cc(Cl)c(Cl)cc1C(=O)NC[C@@H]1CCCO1. The molecule has 1 N–H and O–H groups in total. The Morgan fingerprint density at radius 1 is 1.30 bits per heavy atom. The van der Waals surface area contributed by atoms with Crippen LogP contribution in [0.1, 0.15) is 33.6 Å². The molecule has 1 saturated heterocycles. The second kappa shape index (κ2) is 6.43. The number of carboxylic acids is 1. The van der Waals surface area contributed by atoms with Crippen molar-refractivity contribution in [3.63, 3.8) is 0 Å². The standard InChI is InChI=1S/C13H13Cl2NO4/c14-10-4-8(9(13(18)19)5-11(10)15)12(17)16-6-7-2-1-3-20-7/h4-5,7H,1-3,6H2,(H,16,17)(H,18,19)/p-1/t7-/m0/s1. The molecule has 0 unspecified atom stereocenters. The van der Waals surface area contributed by atoms with Crippen molar-refractivity contribution in [1.29, 1.82) is 0 Å². The second-order valence-corrected chi connectivity index (χ2v) is 5.26. The van der Waals surface area contributed by atoms with E-state index in [0.29, 0.717) is 13.2 Å². The highest BCUT2D eigenvalue weighted by Gasteiger charge is 2.19. The highest BCUT2D eigenvalue weighted by Crippen LogP contribution is 2.26. The first-order valence-corrected chi connectivity index (χ1v) is 6.85. The zero-order valence-corrected chi connectivity index (χ0v) is 12.0. The van der Waals surface area contributed by atoms with E-state index in [1.165, 1.54) is 6.07 Å². The monoisotopic (exact) mass is 316 g/mol. The number of hydrogen-bond donors (Lipinski definition) is 1. The van der Waals surface area contributed by atoms with E-state index in [2.05, 4.69) is 5.32 Å². The zero-order chi connectivity index (χ0) is 14.7. The minimum Gasteiger partial charge on any atom is -0.545 e. The maximum atomic E-state index is 12.0. The lowest BCUT2D eigenvalue weighted by Gasteiger charge is -2.14. The lowest BCUT2D eigenvalue weighted by atomic mass is 10.1. The van der Waals surface area contributed by atoms with Crippen molar-refractivity contribution in [2.45, 2.75) is 18.9 Å². The first-order chi connectivity index (χ1) is 9.49. The molecule has 0 radical (unpaired) electrons. The fourth-order valence-electron chi connectivity index (χ4n) is 2.01. The maximum absolute atomic E-state index is 12.0. The molecule has 0 spiro atoms. The van der Waals surface area contributed by atoms with E-state index in [1.807, 2.05) is 0 Å². The second-order valence-electron chi connectivity index (χ2n) is 4.44. The average Bonchev–Trinajstić information content (AvgIpc) is 2.91. The van der Waals surface area contributed by atoms with Crippen molar-refractivity contribution in [2.75, 3.05) is 13.2 Å². The third-order valence-corrected chi connectivity index (χ3v) is 3.76. The number of halogens is 2. The molecular formula is C13H12Cl2NO4-. The fourth-order valence-corrected chi connectivity index (χ4v) is 2.34. The molecule has 20 heavy (non-hydrogen) atoms. The summed E-state index contributed by atoms with van der Waals surface area (Å²) in [4.78, 5) is 23.1. The van der Waals surface area contributed by atoms with Gasteiger partial charge in [0.2, 0.25) is 0 Å². The number of ether oxygens (including phenoxy) is 1. The molecule has 1 atom stereocenters. The van der Waals surface area contributed by atoms with Crippen molar-refractivity contribution in [1.82, 2.24) is 5.32 Å². The summed E-state index contributed by atoms with van der Waals surface area (Å²) in [7, 11) is 0. The Morgan fingerprint density at radius 3 is 2.50 bits per heavy atom. The predicted octanol–water partition coefficient (Wildman–Crippen LogP) is 1.27. The number of hydrogen-bond acceptors (Lipinski definition) is 4. The van der Waals surface area contributed by atoms with Gasteiger partial charge in [-0.05, 0) is 25.0 Å². The van der Waals surface area contributed by atoms with Gasteiger partial charge in [0.1, 0.15) is 0 Å². The maximum Gasteiger partial charge on any atom is 0.252 e. The summed E-state index contributed by atoms with van der Waals surface area (Å²) >= 11 is 11.6. The molecule has 0 aliphatic carbocycles.